The van der Waals surface area contributed by atoms with E-state index in [0.717, 1.165) is 0 Å². The molecule has 1 amide bonds. The predicted octanol–water partition coefficient (Wildman–Crippen LogP) is 1.42. The average molecular weight is 234 g/mol. The van der Waals surface area contributed by atoms with Gasteiger partial charge >= 0.3 is 5.97 Å². The van der Waals surface area contributed by atoms with Gasteiger partial charge in [-0.15, -0.1) is 0 Å². The monoisotopic (exact) mass is 234 g/mol. The first-order valence-corrected chi connectivity index (χ1v) is 4.78. The summed E-state index contributed by atoms with van der Waals surface area (Å²) in [5.74, 6) is -1.66. The minimum atomic E-state index is -1.16. The summed E-state index contributed by atoms with van der Waals surface area (Å²) in [4.78, 5) is 25.0. The third-order valence-corrected chi connectivity index (χ3v) is 1.96. The van der Waals surface area contributed by atoms with Gasteiger partial charge in [-0.2, -0.15) is 0 Å². The SMILES string of the molecule is [N-]=[N+]=NCCNC(=O)c1ccccc1C(=O)O. The highest BCUT2D eigenvalue weighted by molar-refractivity contribution is 6.04. The summed E-state index contributed by atoms with van der Waals surface area (Å²) >= 11 is 0. The highest BCUT2D eigenvalue weighted by Gasteiger charge is 2.14. The number of nitrogens with one attached hydrogen (secondary N) is 1. The molecule has 17 heavy (non-hydrogen) atoms. The summed E-state index contributed by atoms with van der Waals surface area (Å²) in [5.41, 5.74) is 8.06. The number of rotatable bonds is 5. The van der Waals surface area contributed by atoms with E-state index in [4.69, 9.17) is 10.6 Å². The summed E-state index contributed by atoms with van der Waals surface area (Å²) in [6, 6.07) is 5.89. The van der Waals surface area contributed by atoms with Crippen LogP contribution in [0.5, 0.6) is 0 Å². The molecule has 1 rings (SSSR count). The molecule has 0 aromatic heterocycles. The quantitative estimate of drug-likeness (QED) is 0.347. The van der Waals surface area contributed by atoms with E-state index in [1.165, 1.54) is 12.1 Å². The Balaban J connectivity index is 2.75. The fourth-order valence-corrected chi connectivity index (χ4v) is 1.23. The van der Waals surface area contributed by atoms with Crippen molar-refractivity contribution in [2.75, 3.05) is 13.1 Å². The van der Waals surface area contributed by atoms with E-state index in [2.05, 4.69) is 15.3 Å². The van der Waals surface area contributed by atoms with Crippen molar-refractivity contribution in [2.24, 2.45) is 5.11 Å². The number of carboxylic acid groups (broad SMARTS) is 1. The van der Waals surface area contributed by atoms with Crippen molar-refractivity contribution in [1.29, 1.82) is 0 Å². The Labute approximate surface area is 96.7 Å². The van der Waals surface area contributed by atoms with E-state index in [9.17, 15) is 9.59 Å². The minimum absolute atomic E-state index is 0.0613. The van der Waals surface area contributed by atoms with Crippen molar-refractivity contribution >= 4 is 11.9 Å². The van der Waals surface area contributed by atoms with Crippen LogP contribution in [0.2, 0.25) is 0 Å². The molecule has 0 saturated heterocycles. The number of aromatic carboxylic acids is 1. The van der Waals surface area contributed by atoms with Gasteiger partial charge in [0.1, 0.15) is 0 Å². The lowest BCUT2D eigenvalue weighted by Crippen LogP contribution is -2.27. The van der Waals surface area contributed by atoms with Crippen LogP contribution < -0.4 is 5.32 Å². The van der Waals surface area contributed by atoms with E-state index in [-0.39, 0.29) is 24.2 Å². The molecule has 0 saturated carbocycles. The molecule has 7 heteroatoms. The van der Waals surface area contributed by atoms with Gasteiger partial charge in [0.2, 0.25) is 0 Å². The smallest absolute Gasteiger partial charge is 0.336 e. The lowest BCUT2D eigenvalue weighted by Gasteiger charge is -2.05. The van der Waals surface area contributed by atoms with Crippen LogP contribution in [0.3, 0.4) is 0 Å². The summed E-state index contributed by atoms with van der Waals surface area (Å²) in [6.45, 7) is 0.286. The van der Waals surface area contributed by atoms with Gasteiger partial charge in [-0.25, -0.2) is 4.79 Å². The third-order valence-electron chi connectivity index (χ3n) is 1.96. The van der Waals surface area contributed by atoms with Crippen molar-refractivity contribution < 1.29 is 14.7 Å². The molecule has 0 radical (unpaired) electrons. The second-order valence-electron chi connectivity index (χ2n) is 3.06. The first-order chi connectivity index (χ1) is 8.16. The fraction of sp³-hybridized carbons (Fsp3) is 0.200. The molecule has 0 spiro atoms. The predicted molar refractivity (Wildman–Crippen MR) is 59.7 cm³/mol. The maximum absolute atomic E-state index is 11.6. The number of hydrogen-bond donors (Lipinski definition) is 2. The zero-order valence-electron chi connectivity index (χ0n) is 8.83. The number of nitrogens with zero attached hydrogens (tertiary/aromatic N) is 3. The molecule has 0 aliphatic heterocycles. The minimum Gasteiger partial charge on any atom is -0.478 e. The van der Waals surface area contributed by atoms with Crippen LogP contribution in [0.4, 0.5) is 0 Å². The van der Waals surface area contributed by atoms with Gasteiger partial charge in [0, 0.05) is 18.0 Å². The van der Waals surface area contributed by atoms with Gasteiger partial charge in [0.05, 0.1) is 11.1 Å². The summed E-state index contributed by atoms with van der Waals surface area (Å²) < 4.78 is 0. The lowest BCUT2D eigenvalue weighted by atomic mass is 10.1. The van der Waals surface area contributed by atoms with Crippen LogP contribution >= 0.6 is 0 Å². The Bertz CT molecular complexity index is 480. The van der Waals surface area contributed by atoms with Gasteiger partial charge in [0.25, 0.3) is 5.91 Å². The third kappa shape index (κ3) is 3.51. The molecule has 88 valence electrons. The number of carboxylic acids is 1. The van der Waals surface area contributed by atoms with Crippen molar-refractivity contribution in [2.45, 2.75) is 0 Å². The number of carbonyl (C=O) groups excluding carboxylic acids is 1. The molecule has 7 nitrogen and oxygen atoms in total. The maximum atomic E-state index is 11.6. The number of amides is 1. The van der Waals surface area contributed by atoms with Crippen LogP contribution in [-0.4, -0.2) is 30.1 Å². The zero-order valence-corrected chi connectivity index (χ0v) is 8.83. The van der Waals surface area contributed by atoms with E-state index >= 15 is 0 Å². The van der Waals surface area contributed by atoms with Gasteiger partial charge in [-0.1, -0.05) is 17.2 Å². The first kappa shape index (κ1) is 12.5. The molecule has 0 heterocycles. The molecule has 0 fully saturated rings. The lowest BCUT2D eigenvalue weighted by molar-refractivity contribution is 0.0691. The van der Waals surface area contributed by atoms with Crippen LogP contribution in [0, 0.1) is 0 Å². The summed E-state index contributed by atoms with van der Waals surface area (Å²) in [7, 11) is 0. The molecule has 1 aromatic carbocycles. The van der Waals surface area contributed by atoms with Crippen LogP contribution in [0.1, 0.15) is 20.7 Å². The normalized spacial score (nSPS) is 9.18. The van der Waals surface area contributed by atoms with E-state index in [1.807, 2.05) is 0 Å². The Kier molecular flexibility index (Phi) is 4.53. The molecule has 0 aliphatic rings. The zero-order chi connectivity index (χ0) is 12.7. The van der Waals surface area contributed by atoms with Crippen molar-refractivity contribution in [1.82, 2.24) is 5.32 Å². The summed E-state index contributed by atoms with van der Waals surface area (Å²) in [6.07, 6.45) is 0. The highest BCUT2D eigenvalue weighted by Crippen LogP contribution is 2.08. The van der Waals surface area contributed by atoms with E-state index < -0.39 is 11.9 Å². The second-order valence-corrected chi connectivity index (χ2v) is 3.06. The van der Waals surface area contributed by atoms with Crippen molar-refractivity contribution in [3.63, 3.8) is 0 Å². The molecule has 0 atom stereocenters. The Morgan fingerprint density at radius 2 is 2.00 bits per heavy atom. The second kappa shape index (κ2) is 6.14. The molecular formula is C10H10N4O3. The number of hydrogen-bond acceptors (Lipinski definition) is 3. The van der Waals surface area contributed by atoms with Gasteiger partial charge in [-0.05, 0) is 17.7 Å². The molecule has 0 bridgehead atoms. The molecule has 2 N–H and O–H groups in total. The Morgan fingerprint density at radius 1 is 1.35 bits per heavy atom. The maximum Gasteiger partial charge on any atom is 0.336 e. The number of benzene rings is 1. The Hall–Kier alpha value is -2.53. The molecular weight excluding hydrogens is 224 g/mol. The van der Waals surface area contributed by atoms with Crippen molar-refractivity contribution in [3.8, 4) is 0 Å². The number of azide groups is 1. The van der Waals surface area contributed by atoms with E-state index in [0.29, 0.717) is 0 Å². The number of carbonyl (C=O) groups is 2. The average Bonchev–Trinajstić information content (AvgIpc) is 2.34. The van der Waals surface area contributed by atoms with E-state index in [1.54, 1.807) is 12.1 Å². The van der Waals surface area contributed by atoms with Gasteiger partial charge in [0.15, 0.2) is 0 Å². The fourth-order valence-electron chi connectivity index (χ4n) is 1.23. The molecule has 1 aromatic rings. The van der Waals surface area contributed by atoms with Gasteiger partial charge < -0.3 is 10.4 Å². The van der Waals surface area contributed by atoms with Crippen LogP contribution in [0.25, 0.3) is 10.4 Å². The first-order valence-electron chi connectivity index (χ1n) is 4.78. The molecule has 0 aliphatic carbocycles. The van der Waals surface area contributed by atoms with Crippen LogP contribution in [-0.2, 0) is 0 Å². The largest absolute Gasteiger partial charge is 0.478 e. The summed E-state index contributed by atoms with van der Waals surface area (Å²) in [5, 5.41) is 14.6. The molecule has 0 unspecified atom stereocenters. The van der Waals surface area contributed by atoms with Crippen LogP contribution in [0.15, 0.2) is 29.4 Å². The highest BCUT2D eigenvalue weighted by atomic mass is 16.4. The Morgan fingerprint density at radius 3 is 2.59 bits per heavy atom. The van der Waals surface area contributed by atoms with Gasteiger partial charge in [-0.3, -0.25) is 4.79 Å². The van der Waals surface area contributed by atoms with Crippen molar-refractivity contribution in [3.05, 3.63) is 45.8 Å². The standard InChI is InChI=1S/C10H10N4O3/c11-14-13-6-5-12-9(15)7-3-1-2-4-8(7)10(16)17/h1-4H,5-6H2,(H,12,15)(H,16,17). The topological polar surface area (TPSA) is 115 Å².